The van der Waals surface area contributed by atoms with E-state index in [-0.39, 0.29) is 29.9 Å². The van der Waals surface area contributed by atoms with Crippen LogP contribution in [0.5, 0.6) is 0 Å². The minimum absolute atomic E-state index is 0.0558. The van der Waals surface area contributed by atoms with Gasteiger partial charge in [-0.2, -0.15) is 0 Å². The second kappa shape index (κ2) is 8.71. The normalized spacial score (nSPS) is 15.7. The number of anilines is 1. The number of aromatic nitrogens is 2. The van der Waals surface area contributed by atoms with Gasteiger partial charge in [-0.05, 0) is 28.9 Å². The molecule has 0 amide bonds. The number of nitro benzene ring substituents is 1. The average molecular weight is 394 g/mol. The van der Waals surface area contributed by atoms with Crippen molar-refractivity contribution in [3.05, 3.63) is 28.5 Å². The van der Waals surface area contributed by atoms with Crippen molar-refractivity contribution in [2.75, 3.05) is 24.2 Å². The number of thioether (sulfide) groups is 1. The van der Waals surface area contributed by atoms with E-state index in [1.807, 2.05) is 6.08 Å². The van der Waals surface area contributed by atoms with Gasteiger partial charge in [0.2, 0.25) is 5.52 Å². The number of nitro groups is 1. The molecule has 0 fully saturated rings. The maximum Gasteiger partial charge on any atom is 0.323 e. The number of nitrogens with one attached hydrogen (secondary N) is 1. The monoisotopic (exact) mass is 394 g/mol. The van der Waals surface area contributed by atoms with E-state index < -0.39 is 4.92 Å². The van der Waals surface area contributed by atoms with Crippen LogP contribution in [0.1, 0.15) is 19.8 Å². The van der Waals surface area contributed by atoms with Crippen LogP contribution in [0.25, 0.3) is 11.0 Å². The molecule has 0 aliphatic carbocycles. The van der Waals surface area contributed by atoms with Crippen LogP contribution in [-0.4, -0.2) is 46.2 Å². The lowest BCUT2D eigenvalue weighted by atomic mass is 10.2. The maximum atomic E-state index is 11.5. The van der Waals surface area contributed by atoms with Gasteiger partial charge in [0.05, 0.1) is 17.8 Å². The van der Waals surface area contributed by atoms with Crippen LogP contribution in [0.2, 0.25) is 0 Å². The summed E-state index contributed by atoms with van der Waals surface area (Å²) in [5.41, 5.74) is 0.571. The van der Waals surface area contributed by atoms with E-state index in [1.54, 1.807) is 12.3 Å². The van der Waals surface area contributed by atoms with Crippen LogP contribution in [0.4, 0.5) is 11.4 Å². The predicted octanol–water partition coefficient (Wildman–Crippen LogP) is 2.89. The topological polar surface area (TPSA) is 130 Å². The first-order chi connectivity index (χ1) is 13.1. The highest BCUT2D eigenvalue weighted by Crippen LogP contribution is 2.39. The van der Waals surface area contributed by atoms with Gasteiger partial charge in [0.15, 0.2) is 5.52 Å². The minimum Gasteiger partial charge on any atom is -0.497 e. The third-order valence-electron chi connectivity index (χ3n) is 3.79. The summed E-state index contributed by atoms with van der Waals surface area (Å²) in [5, 5.41) is 22.1. The number of benzene rings is 1. The summed E-state index contributed by atoms with van der Waals surface area (Å²) in [7, 11) is 0. The highest BCUT2D eigenvalue weighted by molar-refractivity contribution is 7.99. The number of carbonyl (C=O) groups excluding carboxylic acids is 1. The van der Waals surface area contributed by atoms with E-state index >= 15 is 0 Å². The van der Waals surface area contributed by atoms with Crippen LogP contribution in [0.3, 0.4) is 0 Å². The van der Waals surface area contributed by atoms with Gasteiger partial charge in [-0.1, -0.05) is 0 Å². The first kappa shape index (κ1) is 19.0. The Morgan fingerprint density at radius 2 is 2.30 bits per heavy atom. The fraction of sp³-hybridized carbons (Fsp3) is 0.438. The molecule has 1 aliphatic heterocycles. The zero-order chi connectivity index (χ0) is 19.2. The van der Waals surface area contributed by atoms with E-state index in [9.17, 15) is 14.9 Å². The molecule has 1 atom stereocenters. The molecule has 0 radical (unpaired) electrons. The summed E-state index contributed by atoms with van der Waals surface area (Å²) < 4.78 is 15.1. The Morgan fingerprint density at radius 3 is 3.00 bits per heavy atom. The summed E-state index contributed by atoms with van der Waals surface area (Å²) in [6.45, 7) is 1.96. The summed E-state index contributed by atoms with van der Waals surface area (Å²) in [6, 6.07) is 1.67. The van der Waals surface area contributed by atoms with Gasteiger partial charge in [0.1, 0.15) is 11.8 Å². The van der Waals surface area contributed by atoms with Crippen molar-refractivity contribution in [2.24, 2.45) is 0 Å². The molecule has 144 valence electrons. The van der Waals surface area contributed by atoms with Crippen LogP contribution in [-0.2, 0) is 14.3 Å². The van der Waals surface area contributed by atoms with Gasteiger partial charge >= 0.3 is 11.7 Å². The third kappa shape index (κ3) is 4.67. The smallest absolute Gasteiger partial charge is 0.323 e. The molecule has 2 aromatic rings. The van der Waals surface area contributed by atoms with E-state index in [1.165, 1.54) is 18.7 Å². The minimum atomic E-state index is -0.515. The van der Waals surface area contributed by atoms with Crippen LogP contribution >= 0.6 is 11.8 Å². The number of hydrogen-bond acceptors (Lipinski definition) is 10. The average Bonchev–Trinajstić information content (AvgIpc) is 3.30. The number of hydrogen-bond donors (Lipinski definition) is 1. The highest BCUT2D eigenvalue weighted by atomic mass is 32.2. The Morgan fingerprint density at radius 1 is 1.48 bits per heavy atom. The van der Waals surface area contributed by atoms with E-state index in [2.05, 4.69) is 15.6 Å². The van der Waals surface area contributed by atoms with Crippen molar-refractivity contribution in [1.29, 1.82) is 0 Å². The number of esters is 1. The van der Waals surface area contributed by atoms with Gasteiger partial charge in [0, 0.05) is 30.5 Å². The van der Waals surface area contributed by atoms with Crippen molar-refractivity contribution in [3.63, 3.8) is 0 Å². The molecule has 10 nitrogen and oxygen atoms in total. The highest BCUT2D eigenvalue weighted by Gasteiger charge is 2.26. The fourth-order valence-electron chi connectivity index (χ4n) is 2.56. The molecule has 0 spiro atoms. The van der Waals surface area contributed by atoms with Crippen molar-refractivity contribution < 1.29 is 23.8 Å². The Kier molecular flexibility index (Phi) is 6.12. The van der Waals surface area contributed by atoms with Gasteiger partial charge in [-0.25, -0.2) is 4.63 Å². The lowest BCUT2D eigenvalue weighted by molar-refractivity contribution is -0.382. The predicted molar refractivity (Wildman–Crippen MR) is 97.6 cm³/mol. The molecule has 1 unspecified atom stereocenters. The van der Waals surface area contributed by atoms with Crippen molar-refractivity contribution >= 4 is 40.1 Å². The van der Waals surface area contributed by atoms with Crippen LogP contribution in [0.15, 0.2) is 27.9 Å². The summed E-state index contributed by atoms with van der Waals surface area (Å²) in [6.07, 6.45) is 5.01. The Labute approximate surface area is 158 Å². The zero-order valence-electron chi connectivity index (χ0n) is 14.5. The molecule has 11 heteroatoms. The standard InChI is InChI=1S/C16H18N4O6S/c1-10(21)24-7-3-5-17-12-8-13(27-9-11-4-2-6-25-11)14-15(19-26-18-14)16(12)20(22)23/h2,6,8,11,17H,3-5,7,9H2,1H3. The second-order valence-electron chi connectivity index (χ2n) is 5.79. The number of nitrogens with zero attached hydrogens (tertiary/aromatic N) is 3. The quantitative estimate of drug-likeness (QED) is 0.223. The molecule has 2 heterocycles. The molecule has 0 saturated heterocycles. The van der Waals surface area contributed by atoms with Gasteiger partial charge in [-0.3, -0.25) is 14.9 Å². The lowest BCUT2D eigenvalue weighted by Crippen LogP contribution is -2.10. The van der Waals surface area contributed by atoms with Crippen LogP contribution < -0.4 is 5.32 Å². The van der Waals surface area contributed by atoms with E-state index in [4.69, 9.17) is 14.1 Å². The fourth-order valence-corrected chi connectivity index (χ4v) is 3.61. The molecular weight excluding hydrogens is 376 g/mol. The maximum absolute atomic E-state index is 11.5. The molecule has 1 aromatic carbocycles. The SMILES string of the molecule is CC(=O)OCCCNc1cc(SCC2CC=CO2)c2nonc2c1[N+](=O)[O-]. The summed E-state index contributed by atoms with van der Waals surface area (Å²) in [5.74, 6) is 0.303. The van der Waals surface area contributed by atoms with Crippen molar-refractivity contribution in [1.82, 2.24) is 10.3 Å². The van der Waals surface area contributed by atoms with Crippen molar-refractivity contribution in [2.45, 2.75) is 30.8 Å². The Balaban J connectivity index is 1.78. The number of ether oxygens (including phenoxy) is 2. The molecule has 0 saturated carbocycles. The molecule has 1 aromatic heterocycles. The Bertz CT molecular complexity index is 860. The summed E-state index contributed by atoms with van der Waals surface area (Å²) in [4.78, 5) is 22.5. The number of carbonyl (C=O) groups is 1. The lowest BCUT2D eigenvalue weighted by Gasteiger charge is -2.12. The van der Waals surface area contributed by atoms with Crippen molar-refractivity contribution in [3.8, 4) is 0 Å². The third-order valence-corrected chi connectivity index (χ3v) is 4.95. The first-order valence-electron chi connectivity index (χ1n) is 8.30. The second-order valence-corrected chi connectivity index (χ2v) is 6.85. The zero-order valence-corrected chi connectivity index (χ0v) is 15.4. The molecule has 1 aliphatic rings. The molecule has 1 N–H and O–H groups in total. The first-order valence-corrected chi connectivity index (χ1v) is 9.29. The Hall–Kier alpha value is -2.82. The number of fused-ring (bicyclic) bond motifs is 1. The van der Waals surface area contributed by atoms with Crippen LogP contribution in [0, 0.1) is 10.1 Å². The molecule has 27 heavy (non-hydrogen) atoms. The molecular formula is C16H18N4O6S. The van der Waals surface area contributed by atoms with E-state index in [0.29, 0.717) is 29.9 Å². The van der Waals surface area contributed by atoms with E-state index in [0.717, 1.165) is 11.3 Å². The van der Waals surface area contributed by atoms with Gasteiger partial charge in [-0.15, -0.1) is 11.8 Å². The van der Waals surface area contributed by atoms with Gasteiger partial charge in [0.25, 0.3) is 0 Å². The van der Waals surface area contributed by atoms with Gasteiger partial charge < -0.3 is 14.8 Å². The molecule has 3 rings (SSSR count). The largest absolute Gasteiger partial charge is 0.497 e. The molecule has 0 bridgehead atoms. The number of rotatable bonds is 9. The summed E-state index contributed by atoms with van der Waals surface area (Å²) >= 11 is 1.47.